The smallest absolute Gasteiger partial charge is 0.230 e. The molecule has 200 valence electrons. The molecule has 38 heavy (non-hydrogen) atoms. The number of aromatic nitrogens is 2. The fraction of sp³-hybridized carbons (Fsp3) is 0.375. The second-order valence-corrected chi connectivity index (χ2v) is 10.6. The summed E-state index contributed by atoms with van der Waals surface area (Å²) in [6, 6.07) is 10.8. The maximum Gasteiger partial charge on any atom is 0.230 e. The van der Waals surface area contributed by atoms with Crippen LogP contribution in [0.25, 0.3) is 22.0 Å². The Labute approximate surface area is 227 Å². The summed E-state index contributed by atoms with van der Waals surface area (Å²) in [7, 11) is 0. The van der Waals surface area contributed by atoms with E-state index in [1.807, 2.05) is 12.1 Å². The van der Waals surface area contributed by atoms with Gasteiger partial charge in [0.25, 0.3) is 0 Å². The minimum Gasteiger partial charge on any atom is -0.383 e. The average molecular weight is 511 g/mol. The highest BCUT2D eigenvalue weighted by molar-refractivity contribution is 6.00. The maximum absolute atomic E-state index is 6.46. The van der Waals surface area contributed by atoms with Gasteiger partial charge >= 0.3 is 0 Å². The number of hydrazine groups is 1. The third-order valence-electron chi connectivity index (χ3n) is 7.64. The topological polar surface area (TPSA) is 87.9 Å². The zero-order chi connectivity index (χ0) is 27.6. The Bertz CT molecular complexity index is 1420. The molecule has 6 nitrogen and oxygen atoms in total. The van der Waals surface area contributed by atoms with Gasteiger partial charge in [-0.15, -0.1) is 0 Å². The molecule has 0 aliphatic carbocycles. The van der Waals surface area contributed by atoms with Gasteiger partial charge in [0.2, 0.25) is 5.95 Å². The molecule has 0 spiro atoms. The van der Waals surface area contributed by atoms with Crippen molar-refractivity contribution in [3.05, 3.63) is 81.8 Å². The van der Waals surface area contributed by atoms with E-state index >= 15 is 0 Å². The number of benzene rings is 2. The fourth-order valence-corrected chi connectivity index (χ4v) is 5.26. The Morgan fingerprint density at radius 2 is 1.79 bits per heavy atom. The number of nitrogens with one attached hydrogen (secondary N) is 3. The summed E-state index contributed by atoms with van der Waals surface area (Å²) in [5.41, 5.74) is 23.9. The molecule has 2 unspecified atom stereocenters. The second-order valence-electron chi connectivity index (χ2n) is 10.6. The first-order valence-electron chi connectivity index (χ1n) is 13.7. The monoisotopic (exact) mass is 510 g/mol. The minimum absolute atomic E-state index is 0.245. The number of hydrogen-bond acceptors (Lipinski definition) is 6. The lowest BCUT2D eigenvalue weighted by atomic mass is 9.88. The molecule has 2 heterocycles. The molecule has 2 atom stereocenters. The van der Waals surface area contributed by atoms with E-state index in [0.717, 1.165) is 35.1 Å². The number of nitrogens with zero attached hydrogens (tertiary/aromatic N) is 2. The van der Waals surface area contributed by atoms with Crippen LogP contribution in [0.15, 0.2) is 65.1 Å². The van der Waals surface area contributed by atoms with Gasteiger partial charge in [0.05, 0.1) is 5.52 Å². The van der Waals surface area contributed by atoms with Crippen LogP contribution in [0.1, 0.15) is 77.0 Å². The van der Waals surface area contributed by atoms with E-state index in [-0.39, 0.29) is 5.92 Å². The summed E-state index contributed by atoms with van der Waals surface area (Å²) in [5.74, 6) is 2.35. The Kier molecular flexibility index (Phi) is 8.10. The highest BCUT2D eigenvalue weighted by Crippen LogP contribution is 2.36. The molecule has 5 N–H and O–H groups in total. The van der Waals surface area contributed by atoms with Gasteiger partial charge in [-0.25, -0.2) is 4.98 Å². The van der Waals surface area contributed by atoms with Crippen LogP contribution < -0.4 is 21.9 Å². The number of allylic oxidation sites excluding steroid dienone is 4. The summed E-state index contributed by atoms with van der Waals surface area (Å²) >= 11 is 0. The summed E-state index contributed by atoms with van der Waals surface area (Å²) in [4.78, 5) is 9.53. The third-order valence-corrected chi connectivity index (χ3v) is 7.64. The lowest BCUT2D eigenvalue weighted by Gasteiger charge is -2.27. The molecule has 0 saturated carbocycles. The van der Waals surface area contributed by atoms with Crippen molar-refractivity contribution in [1.29, 1.82) is 0 Å². The second kappa shape index (κ2) is 11.3. The third kappa shape index (κ3) is 5.54. The van der Waals surface area contributed by atoms with Crippen LogP contribution in [-0.2, 0) is 0 Å². The summed E-state index contributed by atoms with van der Waals surface area (Å²) in [6.07, 6.45) is 6.59. The van der Waals surface area contributed by atoms with Gasteiger partial charge in [0.1, 0.15) is 11.6 Å². The normalized spacial score (nSPS) is 17.9. The number of anilines is 2. The van der Waals surface area contributed by atoms with Gasteiger partial charge < -0.3 is 16.5 Å². The zero-order valence-corrected chi connectivity index (χ0v) is 24.1. The molecule has 0 fully saturated rings. The Morgan fingerprint density at radius 3 is 2.42 bits per heavy atom. The van der Waals surface area contributed by atoms with Crippen molar-refractivity contribution in [2.75, 3.05) is 11.1 Å². The first-order chi connectivity index (χ1) is 18.1. The number of para-hydroxylation sites is 1. The van der Waals surface area contributed by atoms with E-state index in [0.29, 0.717) is 17.7 Å². The average Bonchev–Trinajstić information content (AvgIpc) is 2.88. The summed E-state index contributed by atoms with van der Waals surface area (Å²) in [5, 5.41) is 4.19. The molecule has 4 rings (SSSR count). The van der Waals surface area contributed by atoms with Gasteiger partial charge in [0.15, 0.2) is 0 Å². The van der Waals surface area contributed by atoms with E-state index in [2.05, 4.69) is 107 Å². The van der Waals surface area contributed by atoms with Crippen molar-refractivity contribution in [3.8, 4) is 11.1 Å². The van der Waals surface area contributed by atoms with E-state index in [4.69, 9.17) is 10.7 Å². The first-order valence-corrected chi connectivity index (χ1v) is 13.7. The van der Waals surface area contributed by atoms with E-state index in [1.54, 1.807) is 0 Å². The Balaban J connectivity index is 1.74. The number of rotatable bonds is 7. The van der Waals surface area contributed by atoms with E-state index < -0.39 is 0 Å². The number of hydrogen-bond donors (Lipinski definition) is 4. The molecule has 1 aromatic heterocycles. The largest absolute Gasteiger partial charge is 0.383 e. The van der Waals surface area contributed by atoms with Crippen LogP contribution in [0.2, 0.25) is 0 Å². The van der Waals surface area contributed by atoms with Crippen LogP contribution in [-0.4, -0.2) is 9.97 Å². The quantitative estimate of drug-likeness (QED) is 0.244. The summed E-state index contributed by atoms with van der Waals surface area (Å²) < 4.78 is 0. The van der Waals surface area contributed by atoms with Gasteiger partial charge in [-0.05, 0) is 80.9 Å². The van der Waals surface area contributed by atoms with Crippen molar-refractivity contribution in [3.63, 3.8) is 0 Å². The number of nitrogens with two attached hydrogens (primary N) is 1. The molecule has 0 amide bonds. The molecule has 3 aromatic rings. The van der Waals surface area contributed by atoms with Crippen LogP contribution in [0, 0.1) is 19.8 Å². The van der Waals surface area contributed by atoms with Crippen LogP contribution in [0.4, 0.5) is 11.8 Å². The lowest BCUT2D eigenvalue weighted by molar-refractivity contribution is 0.571. The van der Waals surface area contributed by atoms with Gasteiger partial charge in [0, 0.05) is 22.6 Å². The van der Waals surface area contributed by atoms with Crippen molar-refractivity contribution >= 4 is 22.7 Å². The number of aryl methyl sites for hydroxylation is 2. The van der Waals surface area contributed by atoms with Crippen molar-refractivity contribution in [1.82, 2.24) is 20.8 Å². The molecular weight excluding hydrogens is 468 g/mol. The molecule has 6 heteroatoms. The molecule has 0 radical (unpaired) electrons. The summed E-state index contributed by atoms with van der Waals surface area (Å²) in [6.45, 7) is 17.5. The number of nitrogen functional groups attached to an aromatic ring is 1. The van der Waals surface area contributed by atoms with Crippen molar-refractivity contribution in [2.45, 2.75) is 74.1 Å². The van der Waals surface area contributed by atoms with Crippen LogP contribution in [0.5, 0.6) is 0 Å². The van der Waals surface area contributed by atoms with Crippen LogP contribution >= 0.6 is 0 Å². The molecule has 0 saturated heterocycles. The number of fused-ring (bicyclic) bond motifs is 1. The predicted molar refractivity (Wildman–Crippen MR) is 161 cm³/mol. The molecule has 1 aliphatic rings. The fourth-order valence-electron chi connectivity index (χ4n) is 5.26. The van der Waals surface area contributed by atoms with E-state index in [9.17, 15) is 0 Å². The van der Waals surface area contributed by atoms with Gasteiger partial charge in [-0.3, -0.25) is 5.43 Å². The van der Waals surface area contributed by atoms with Crippen molar-refractivity contribution < 1.29 is 0 Å². The molecular formula is C32H42N6. The first kappa shape index (κ1) is 27.2. The predicted octanol–water partition coefficient (Wildman–Crippen LogP) is 7.64. The van der Waals surface area contributed by atoms with Gasteiger partial charge in [-0.1, -0.05) is 69.2 Å². The highest BCUT2D eigenvalue weighted by Gasteiger charge is 2.19. The lowest BCUT2D eigenvalue weighted by Crippen LogP contribution is -2.40. The molecule has 1 aliphatic heterocycles. The Hall–Kier alpha value is -3.80. The highest BCUT2D eigenvalue weighted by atomic mass is 15.4. The Morgan fingerprint density at radius 1 is 1.08 bits per heavy atom. The molecule has 0 bridgehead atoms. The minimum atomic E-state index is 0.245. The maximum atomic E-state index is 6.46. The standard InChI is InChI=1S/C32H42N6/c1-9-18(3)14-20(5)24-15-21(6)28(22(7)16-24)25-12-11-13-26-30(25)35-32(36-31(26)33)34-27-17-23(8)29(38-37-27)19(4)10-2/h11-17,20,23,37-38H,9-10H2,1-8H3,(H3,33,34,35,36)/b18-14+,29-19-. The SMILES string of the molecule is CC/C(C)=C1\NNC(Nc2nc(N)c3cccc(-c4c(C)cc(C(C)/C=C(\C)CC)cc4C)c3n2)=CC1C. The van der Waals surface area contributed by atoms with Crippen molar-refractivity contribution in [2.24, 2.45) is 5.92 Å². The zero-order valence-electron chi connectivity index (χ0n) is 24.1. The molecule has 2 aromatic carbocycles. The van der Waals surface area contributed by atoms with E-state index in [1.165, 1.54) is 39.1 Å². The van der Waals surface area contributed by atoms with Crippen LogP contribution in [0.3, 0.4) is 0 Å². The van der Waals surface area contributed by atoms with Gasteiger partial charge in [-0.2, -0.15) is 4.98 Å².